The summed E-state index contributed by atoms with van der Waals surface area (Å²) in [6, 6.07) is 9.36. The van der Waals surface area contributed by atoms with Gasteiger partial charge in [0.25, 0.3) is 0 Å². The topological polar surface area (TPSA) is 72.5 Å². The van der Waals surface area contributed by atoms with E-state index in [9.17, 15) is 14.4 Å². The third kappa shape index (κ3) is 3.91. The van der Waals surface area contributed by atoms with Gasteiger partial charge in [0.15, 0.2) is 0 Å². The zero-order valence-electron chi connectivity index (χ0n) is 14.6. The van der Waals surface area contributed by atoms with Crippen LogP contribution in [0, 0.1) is 17.8 Å². The Bertz CT molecular complexity index is 626. The third-order valence-electron chi connectivity index (χ3n) is 5.43. The first-order chi connectivity index (χ1) is 12.1. The van der Waals surface area contributed by atoms with Crippen LogP contribution in [0.2, 0.25) is 0 Å². The SMILES string of the molecule is CCOC(=O)[C@@H](CNC(=O)C1C[C@H]2CC[C@@H](C1)C2=O)c1ccccc1. The molecule has 1 amide bonds. The summed E-state index contributed by atoms with van der Waals surface area (Å²) in [6.07, 6.45) is 3.14. The number of carbonyl (C=O) groups is 3. The maximum atomic E-state index is 12.6. The second-order valence-electron chi connectivity index (χ2n) is 7.00. The molecule has 0 radical (unpaired) electrons. The van der Waals surface area contributed by atoms with Crippen molar-refractivity contribution in [1.29, 1.82) is 0 Å². The minimum absolute atomic E-state index is 0.0466. The van der Waals surface area contributed by atoms with Gasteiger partial charge in [-0.05, 0) is 38.2 Å². The van der Waals surface area contributed by atoms with Crippen LogP contribution in [0.5, 0.6) is 0 Å². The molecular weight excluding hydrogens is 318 g/mol. The number of ketones is 1. The van der Waals surface area contributed by atoms with Gasteiger partial charge in [-0.25, -0.2) is 0 Å². The van der Waals surface area contributed by atoms with Crippen LogP contribution >= 0.6 is 0 Å². The summed E-state index contributed by atoms with van der Waals surface area (Å²) in [6.45, 7) is 2.30. The van der Waals surface area contributed by atoms with E-state index in [1.165, 1.54) is 0 Å². The maximum Gasteiger partial charge on any atom is 0.315 e. The molecule has 1 unspecified atom stereocenters. The van der Waals surface area contributed by atoms with Gasteiger partial charge in [-0.2, -0.15) is 0 Å². The van der Waals surface area contributed by atoms with Crippen molar-refractivity contribution in [2.75, 3.05) is 13.2 Å². The molecule has 0 aromatic heterocycles. The van der Waals surface area contributed by atoms with E-state index in [1.807, 2.05) is 30.3 Å². The Morgan fingerprint density at radius 1 is 1.16 bits per heavy atom. The third-order valence-corrected chi connectivity index (χ3v) is 5.43. The van der Waals surface area contributed by atoms with Gasteiger partial charge < -0.3 is 10.1 Å². The van der Waals surface area contributed by atoms with Crippen molar-refractivity contribution in [2.45, 2.75) is 38.5 Å². The van der Waals surface area contributed by atoms with Crippen molar-refractivity contribution in [3.05, 3.63) is 35.9 Å². The second kappa shape index (κ2) is 7.81. The summed E-state index contributed by atoms with van der Waals surface area (Å²) in [5.74, 6) is -0.532. The van der Waals surface area contributed by atoms with Crippen molar-refractivity contribution in [2.24, 2.45) is 17.8 Å². The molecule has 0 saturated heterocycles. The maximum absolute atomic E-state index is 12.6. The van der Waals surface area contributed by atoms with Crippen LogP contribution in [-0.4, -0.2) is 30.8 Å². The molecule has 25 heavy (non-hydrogen) atoms. The highest BCUT2D eigenvalue weighted by atomic mass is 16.5. The molecule has 4 atom stereocenters. The number of rotatable bonds is 6. The number of hydrogen-bond acceptors (Lipinski definition) is 4. The number of amides is 1. The van der Waals surface area contributed by atoms with Gasteiger partial charge in [0.05, 0.1) is 12.5 Å². The summed E-state index contributed by atoms with van der Waals surface area (Å²) in [7, 11) is 0. The summed E-state index contributed by atoms with van der Waals surface area (Å²) >= 11 is 0. The fourth-order valence-corrected chi connectivity index (χ4v) is 4.10. The van der Waals surface area contributed by atoms with Crippen molar-refractivity contribution in [3.63, 3.8) is 0 Å². The van der Waals surface area contributed by atoms with Crippen LogP contribution in [0.25, 0.3) is 0 Å². The van der Waals surface area contributed by atoms with E-state index in [-0.39, 0.29) is 36.2 Å². The number of Topliss-reactive ketones (excluding diaryl/α,β-unsaturated/α-hetero) is 1. The van der Waals surface area contributed by atoms with E-state index in [4.69, 9.17) is 4.74 Å². The second-order valence-corrected chi connectivity index (χ2v) is 7.00. The summed E-state index contributed by atoms with van der Waals surface area (Å²) < 4.78 is 5.16. The van der Waals surface area contributed by atoms with Gasteiger partial charge >= 0.3 is 5.97 Å². The van der Waals surface area contributed by atoms with E-state index >= 15 is 0 Å². The van der Waals surface area contributed by atoms with Crippen LogP contribution in [0.4, 0.5) is 0 Å². The fourth-order valence-electron chi connectivity index (χ4n) is 4.10. The van der Waals surface area contributed by atoms with Gasteiger partial charge in [-0.15, -0.1) is 0 Å². The van der Waals surface area contributed by atoms with Gasteiger partial charge in [-0.1, -0.05) is 30.3 Å². The molecule has 5 heteroatoms. The van der Waals surface area contributed by atoms with Crippen molar-refractivity contribution in [3.8, 4) is 0 Å². The highest BCUT2D eigenvalue weighted by Crippen LogP contribution is 2.42. The van der Waals surface area contributed by atoms with Gasteiger partial charge in [-0.3, -0.25) is 14.4 Å². The van der Waals surface area contributed by atoms with Crippen molar-refractivity contribution >= 4 is 17.7 Å². The number of nitrogens with one attached hydrogen (secondary N) is 1. The number of ether oxygens (including phenoxy) is 1. The van der Waals surface area contributed by atoms with Gasteiger partial charge in [0.1, 0.15) is 5.78 Å². The van der Waals surface area contributed by atoms with E-state index in [0.29, 0.717) is 25.2 Å². The number of esters is 1. The molecule has 3 rings (SSSR count). The molecule has 0 spiro atoms. The first-order valence-electron chi connectivity index (χ1n) is 9.13. The predicted molar refractivity (Wildman–Crippen MR) is 92.8 cm³/mol. The molecule has 2 aliphatic carbocycles. The highest BCUT2D eigenvalue weighted by molar-refractivity contribution is 5.89. The van der Waals surface area contributed by atoms with Gasteiger partial charge in [0, 0.05) is 24.3 Å². The van der Waals surface area contributed by atoms with E-state index in [1.54, 1.807) is 6.92 Å². The average Bonchev–Trinajstić information content (AvgIpc) is 2.84. The largest absolute Gasteiger partial charge is 0.465 e. The lowest BCUT2D eigenvalue weighted by molar-refractivity contribution is -0.145. The summed E-state index contributed by atoms with van der Waals surface area (Å²) in [5, 5.41) is 2.92. The molecule has 2 bridgehead atoms. The monoisotopic (exact) mass is 343 g/mol. The Kier molecular flexibility index (Phi) is 5.51. The minimum Gasteiger partial charge on any atom is -0.465 e. The average molecular weight is 343 g/mol. The predicted octanol–water partition coefficient (Wildman–Crippen LogP) is 2.45. The summed E-state index contributed by atoms with van der Waals surface area (Å²) in [5.41, 5.74) is 0.833. The standard InChI is InChI=1S/C20H25NO4/c1-2-25-20(24)17(13-6-4-3-5-7-13)12-21-19(23)16-10-14-8-9-15(11-16)18(14)22/h3-7,14-17H,2,8-12H2,1H3,(H,21,23)/t14-,15+,16?,17-/m0/s1. The number of fused-ring (bicyclic) bond motifs is 2. The quantitative estimate of drug-likeness (QED) is 0.805. The molecule has 2 aliphatic rings. The Labute approximate surface area is 148 Å². The molecule has 1 aromatic rings. The normalized spacial score (nSPS) is 26.1. The van der Waals surface area contributed by atoms with E-state index in [2.05, 4.69) is 5.32 Å². The molecule has 2 saturated carbocycles. The highest BCUT2D eigenvalue weighted by Gasteiger charge is 2.43. The Morgan fingerprint density at radius 2 is 1.80 bits per heavy atom. The van der Waals surface area contributed by atoms with Crippen molar-refractivity contribution in [1.82, 2.24) is 5.32 Å². The number of carbonyl (C=O) groups excluding carboxylic acids is 3. The smallest absolute Gasteiger partial charge is 0.315 e. The molecule has 2 fully saturated rings. The number of hydrogen-bond donors (Lipinski definition) is 1. The molecule has 1 aromatic carbocycles. The Balaban J connectivity index is 1.62. The Morgan fingerprint density at radius 3 is 2.40 bits per heavy atom. The van der Waals surface area contributed by atoms with Crippen LogP contribution in [0.1, 0.15) is 44.1 Å². The van der Waals surface area contributed by atoms with E-state index < -0.39 is 5.92 Å². The van der Waals surface area contributed by atoms with Crippen molar-refractivity contribution < 1.29 is 19.1 Å². The molecule has 0 aliphatic heterocycles. The lowest BCUT2D eigenvalue weighted by Crippen LogP contribution is -2.40. The Hall–Kier alpha value is -2.17. The first-order valence-corrected chi connectivity index (χ1v) is 9.13. The van der Waals surface area contributed by atoms with Gasteiger partial charge in [0.2, 0.25) is 5.91 Å². The van der Waals surface area contributed by atoms with Crippen LogP contribution in [0.3, 0.4) is 0 Å². The van der Waals surface area contributed by atoms with Crippen LogP contribution in [-0.2, 0) is 19.1 Å². The summed E-state index contributed by atoms with van der Waals surface area (Å²) in [4.78, 5) is 36.8. The number of benzene rings is 1. The van der Waals surface area contributed by atoms with Crippen LogP contribution in [0.15, 0.2) is 30.3 Å². The molecular formula is C20H25NO4. The zero-order chi connectivity index (χ0) is 17.8. The lowest BCUT2D eigenvalue weighted by Gasteiger charge is -2.26. The molecule has 5 nitrogen and oxygen atoms in total. The zero-order valence-corrected chi connectivity index (χ0v) is 14.6. The molecule has 0 heterocycles. The van der Waals surface area contributed by atoms with Crippen LogP contribution < -0.4 is 5.32 Å². The van der Waals surface area contributed by atoms with E-state index in [0.717, 1.165) is 18.4 Å². The molecule has 1 N–H and O–H groups in total. The molecule has 134 valence electrons. The first kappa shape index (κ1) is 17.6. The lowest BCUT2D eigenvalue weighted by atomic mass is 9.79. The fraction of sp³-hybridized carbons (Fsp3) is 0.550. The minimum atomic E-state index is -0.507.